The first kappa shape index (κ1) is 16.7. The molecular weight excluding hydrogens is 304 g/mol. The first-order chi connectivity index (χ1) is 10.9. The van der Waals surface area contributed by atoms with Crippen LogP contribution in [0.25, 0.3) is 0 Å². The highest BCUT2D eigenvalue weighted by Crippen LogP contribution is 2.22. The van der Waals surface area contributed by atoms with Crippen LogP contribution in [-0.4, -0.2) is 30.1 Å². The van der Waals surface area contributed by atoms with Crippen LogP contribution in [0.3, 0.4) is 0 Å². The monoisotopic (exact) mass is 321 g/mol. The number of urea groups is 1. The van der Waals surface area contributed by atoms with Crippen molar-refractivity contribution in [1.29, 1.82) is 0 Å². The lowest BCUT2D eigenvalue weighted by atomic mass is 10.1. The van der Waals surface area contributed by atoms with Crippen LogP contribution in [0.15, 0.2) is 36.5 Å². The van der Waals surface area contributed by atoms with Crippen molar-refractivity contribution in [3.63, 3.8) is 0 Å². The standard InChI is InChI=1S/C16H17F2N3O2/c1-10(11-4-6-13(17)14(18)8-11)21(2)16(22)20-12-5-7-15(23-3)19-9-12/h4-10H,1-3H3,(H,20,22). The molecule has 0 saturated heterocycles. The summed E-state index contributed by atoms with van der Waals surface area (Å²) in [6.07, 6.45) is 1.47. The van der Waals surface area contributed by atoms with E-state index in [1.807, 2.05) is 0 Å². The number of hydrogen-bond acceptors (Lipinski definition) is 3. The van der Waals surface area contributed by atoms with Crippen LogP contribution in [-0.2, 0) is 0 Å². The van der Waals surface area contributed by atoms with Gasteiger partial charge >= 0.3 is 6.03 Å². The fraction of sp³-hybridized carbons (Fsp3) is 0.250. The number of carbonyl (C=O) groups is 1. The van der Waals surface area contributed by atoms with Crippen LogP contribution in [0.5, 0.6) is 5.88 Å². The normalized spacial score (nSPS) is 11.7. The van der Waals surface area contributed by atoms with Gasteiger partial charge in [0.2, 0.25) is 5.88 Å². The second kappa shape index (κ2) is 7.04. The summed E-state index contributed by atoms with van der Waals surface area (Å²) in [5, 5.41) is 2.67. The molecule has 7 heteroatoms. The number of carbonyl (C=O) groups excluding carboxylic acids is 1. The molecule has 0 aliphatic carbocycles. The highest BCUT2D eigenvalue weighted by Gasteiger charge is 2.19. The fourth-order valence-electron chi connectivity index (χ4n) is 1.96. The van der Waals surface area contributed by atoms with E-state index >= 15 is 0 Å². The van der Waals surface area contributed by atoms with Crippen molar-refractivity contribution >= 4 is 11.7 Å². The number of benzene rings is 1. The molecule has 0 aliphatic heterocycles. The molecular formula is C16H17F2N3O2. The lowest BCUT2D eigenvalue weighted by Gasteiger charge is -2.25. The maximum absolute atomic E-state index is 13.3. The SMILES string of the molecule is COc1ccc(NC(=O)N(C)C(C)c2ccc(F)c(F)c2)cn1. The predicted octanol–water partition coefficient (Wildman–Crippen LogP) is 3.59. The van der Waals surface area contributed by atoms with Crippen molar-refractivity contribution in [1.82, 2.24) is 9.88 Å². The number of methoxy groups -OCH3 is 1. The minimum Gasteiger partial charge on any atom is -0.481 e. The summed E-state index contributed by atoms with van der Waals surface area (Å²) in [5.74, 6) is -1.42. The second-order valence-corrected chi connectivity index (χ2v) is 4.98. The molecule has 5 nitrogen and oxygen atoms in total. The highest BCUT2D eigenvalue weighted by molar-refractivity contribution is 5.89. The van der Waals surface area contributed by atoms with Crippen LogP contribution >= 0.6 is 0 Å². The van der Waals surface area contributed by atoms with Gasteiger partial charge in [0.15, 0.2) is 11.6 Å². The molecule has 0 spiro atoms. The number of halogens is 2. The van der Waals surface area contributed by atoms with Crippen molar-refractivity contribution < 1.29 is 18.3 Å². The number of rotatable bonds is 4. The van der Waals surface area contributed by atoms with E-state index in [-0.39, 0.29) is 0 Å². The number of pyridine rings is 1. The van der Waals surface area contributed by atoms with Gasteiger partial charge < -0.3 is 15.0 Å². The van der Waals surface area contributed by atoms with E-state index in [0.29, 0.717) is 17.1 Å². The Bertz CT molecular complexity index is 692. The number of ether oxygens (including phenoxy) is 1. The molecule has 1 aromatic heterocycles. The number of nitrogens with one attached hydrogen (secondary N) is 1. The van der Waals surface area contributed by atoms with E-state index < -0.39 is 23.7 Å². The maximum Gasteiger partial charge on any atom is 0.322 e. The van der Waals surface area contributed by atoms with Crippen molar-refractivity contribution in [2.75, 3.05) is 19.5 Å². The van der Waals surface area contributed by atoms with Gasteiger partial charge in [-0.3, -0.25) is 0 Å². The maximum atomic E-state index is 13.3. The number of nitrogens with zero attached hydrogens (tertiary/aromatic N) is 2. The number of aromatic nitrogens is 1. The van der Waals surface area contributed by atoms with Gasteiger partial charge in [-0.25, -0.2) is 18.6 Å². The summed E-state index contributed by atoms with van der Waals surface area (Å²) in [6, 6.07) is 6.01. The molecule has 2 amide bonds. The van der Waals surface area contributed by atoms with E-state index in [0.717, 1.165) is 12.1 Å². The molecule has 0 bridgehead atoms. The summed E-state index contributed by atoms with van der Waals surface area (Å²) in [5.41, 5.74) is 0.995. The number of anilines is 1. The lowest BCUT2D eigenvalue weighted by Crippen LogP contribution is -2.33. The van der Waals surface area contributed by atoms with Crippen molar-refractivity contribution in [3.05, 3.63) is 53.7 Å². The van der Waals surface area contributed by atoms with Crippen LogP contribution in [0.2, 0.25) is 0 Å². The van der Waals surface area contributed by atoms with Crippen molar-refractivity contribution in [2.45, 2.75) is 13.0 Å². The molecule has 122 valence electrons. The molecule has 1 aromatic carbocycles. The molecule has 1 N–H and O–H groups in total. The number of hydrogen-bond donors (Lipinski definition) is 1. The van der Waals surface area contributed by atoms with E-state index in [2.05, 4.69) is 10.3 Å². The smallest absolute Gasteiger partial charge is 0.322 e. The molecule has 0 radical (unpaired) electrons. The third kappa shape index (κ3) is 3.94. The third-order valence-corrected chi connectivity index (χ3v) is 3.52. The minimum atomic E-state index is -0.942. The van der Waals surface area contributed by atoms with E-state index in [1.165, 1.54) is 24.3 Å². The Labute approximate surface area is 132 Å². The molecule has 0 aliphatic rings. The quantitative estimate of drug-likeness (QED) is 0.936. The topological polar surface area (TPSA) is 54.5 Å². The molecule has 2 rings (SSSR count). The van der Waals surface area contributed by atoms with Gasteiger partial charge in [-0.15, -0.1) is 0 Å². The highest BCUT2D eigenvalue weighted by atomic mass is 19.2. The van der Waals surface area contributed by atoms with Gasteiger partial charge in [0.1, 0.15) is 0 Å². The molecule has 1 atom stereocenters. The summed E-state index contributed by atoms with van der Waals surface area (Å²) in [4.78, 5) is 17.6. The van der Waals surface area contributed by atoms with Gasteiger partial charge in [0, 0.05) is 13.1 Å². The van der Waals surface area contributed by atoms with Gasteiger partial charge in [0.25, 0.3) is 0 Å². The Hall–Kier alpha value is -2.70. The zero-order chi connectivity index (χ0) is 17.0. The first-order valence-electron chi connectivity index (χ1n) is 6.91. The Morgan fingerprint density at radius 2 is 2.00 bits per heavy atom. The summed E-state index contributed by atoms with van der Waals surface area (Å²) in [7, 11) is 3.07. The average molecular weight is 321 g/mol. The summed E-state index contributed by atoms with van der Waals surface area (Å²) < 4.78 is 31.2. The Morgan fingerprint density at radius 3 is 2.57 bits per heavy atom. The second-order valence-electron chi connectivity index (χ2n) is 4.98. The third-order valence-electron chi connectivity index (χ3n) is 3.52. The molecule has 0 saturated carbocycles. The largest absolute Gasteiger partial charge is 0.481 e. The average Bonchev–Trinajstić information content (AvgIpc) is 2.56. The molecule has 2 aromatic rings. The summed E-state index contributed by atoms with van der Waals surface area (Å²) in [6.45, 7) is 1.72. The first-order valence-corrected chi connectivity index (χ1v) is 6.91. The zero-order valence-corrected chi connectivity index (χ0v) is 13.0. The Kier molecular flexibility index (Phi) is 5.10. The zero-order valence-electron chi connectivity index (χ0n) is 13.0. The van der Waals surface area contributed by atoms with Gasteiger partial charge in [-0.2, -0.15) is 0 Å². The molecule has 1 unspecified atom stereocenters. The van der Waals surface area contributed by atoms with Crippen molar-refractivity contribution in [2.24, 2.45) is 0 Å². The minimum absolute atomic E-state index is 0.394. The van der Waals surface area contributed by atoms with Crippen LogP contribution in [0.4, 0.5) is 19.3 Å². The molecule has 0 fully saturated rings. The Morgan fingerprint density at radius 1 is 1.26 bits per heavy atom. The van der Waals surface area contributed by atoms with Gasteiger partial charge in [-0.05, 0) is 30.7 Å². The van der Waals surface area contributed by atoms with Gasteiger partial charge in [0.05, 0.1) is 25.0 Å². The fourth-order valence-corrected chi connectivity index (χ4v) is 1.96. The van der Waals surface area contributed by atoms with Gasteiger partial charge in [-0.1, -0.05) is 6.07 Å². The van der Waals surface area contributed by atoms with E-state index in [4.69, 9.17) is 4.74 Å². The van der Waals surface area contributed by atoms with E-state index in [9.17, 15) is 13.6 Å². The Balaban J connectivity index is 2.06. The van der Waals surface area contributed by atoms with Crippen LogP contribution in [0, 0.1) is 11.6 Å². The number of amides is 2. The summed E-state index contributed by atoms with van der Waals surface area (Å²) >= 11 is 0. The molecule has 1 heterocycles. The van der Waals surface area contributed by atoms with Crippen LogP contribution < -0.4 is 10.1 Å². The van der Waals surface area contributed by atoms with Crippen LogP contribution in [0.1, 0.15) is 18.5 Å². The van der Waals surface area contributed by atoms with E-state index in [1.54, 1.807) is 26.1 Å². The molecule has 23 heavy (non-hydrogen) atoms. The predicted molar refractivity (Wildman–Crippen MR) is 82.3 cm³/mol. The lowest BCUT2D eigenvalue weighted by molar-refractivity contribution is 0.208. The van der Waals surface area contributed by atoms with Crippen molar-refractivity contribution in [3.8, 4) is 5.88 Å².